The van der Waals surface area contributed by atoms with Crippen LogP contribution in [0.5, 0.6) is 0 Å². The largest absolute Gasteiger partial charge is 0.378 e. The second-order valence-electron chi connectivity index (χ2n) is 4.48. The maximum atomic E-state index is 11.7. The van der Waals surface area contributed by atoms with Gasteiger partial charge < -0.3 is 15.4 Å². The van der Waals surface area contributed by atoms with Gasteiger partial charge in [0.2, 0.25) is 5.91 Å². The molecule has 1 atom stereocenters. The van der Waals surface area contributed by atoms with Crippen LogP contribution in [0.2, 0.25) is 0 Å². The Balaban J connectivity index is 1.64. The number of amides is 1. The minimum Gasteiger partial charge on any atom is -0.378 e. The first kappa shape index (κ1) is 13.0. The summed E-state index contributed by atoms with van der Waals surface area (Å²) in [5.74, 6) is 0.0696. The molecule has 1 saturated heterocycles. The molecule has 6 heteroatoms. The second-order valence-corrected chi connectivity index (χ2v) is 4.48. The summed E-state index contributed by atoms with van der Waals surface area (Å²) < 4.78 is 7.13. The van der Waals surface area contributed by atoms with Crippen molar-refractivity contribution in [2.75, 3.05) is 26.3 Å². The van der Waals surface area contributed by atoms with E-state index in [1.165, 1.54) is 0 Å². The third kappa shape index (κ3) is 3.82. The summed E-state index contributed by atoms with van der Waals surface area (Å²) in [6.07, 6.45) is 3.04. The number of aryl methyl sites for hydroxylation is 1. The molecule has 0 radical (unpaired) electrons. The van der Waals surface area contributed by atoms with Gasteiger partial charge in [0.05, 0.1) is 13.2 Å². The lowest BCUT2D eigenvalue weighted by Gasteiger charge is -2.23. The van der Waals surface area contributed by atoms with Crippen LogP contribution < -0.4 is 10.6 Å². The van der Waals surface area contributed by atoms with E-state index in [1.807, 2.05) is 17.8 Å². The van der Waals surface area contributed by atoms with Gasteiger partial charge >= 0.3 is 0 Å². The minimum atomic E-state index is 0.0696. The van der Waals surface area contributed by atoms with Gasteiger partial charge in [-0.3, -0.25) is 9.48 Å². The molecule has 0 aromatic carbocycles. The van der Waals surface area contributed by atoms with Crippen molar-refractivity contribution < 1.29 is 9.53 Å². The van der Waals surface area contributed by atoms with Gasteiger partial charge in [0.15, 0.2) is 0 Å². The van der Waals surface area contributed by atoms with Gasteiger partial charge in [-0.2, -0.15) is 5.10 Å². The zero-order chi connectivity index (χ0) is 12.8. The highest BCUT2D eigenvalue weighted by atomic mass is 16.5. The summed E-state index contributed by atoms with van der Waals surface area (Å²) in [5.41, 5.74) is 1.12. The lowest BCUT2D eigenvalue weighted by Crippen LogP contribution is -2.44. The van der Waals surface area contributed by atoms with Crippen molar-refractivity contribution in [3.63, 3.8) is 0 Å². The predicted octanol–water partition coefficient (Wildman–Crippen LogP) is -0.543. The van der Waals surface area contributed by atoms with E-state index >= 15 is 0 Å². The van der Waals surface area contributed by atoms with E-state index in [2.05, 4.69) is 15.7 Å². The highest BCUT2D eigenvalue weighted by Crippen LogP contribution is 1.99. The summed E-state index contributed by atoms with van der Waals surface area (Å²) in [6, 6.07) is 2.11. The van der Waals surface area contributed by atoms with Crippen LogP contribution in [0.25, 0.3) is 0 Å². The number of nitrogens with one attached hydrogen (secondary N) is 2. The third-order valence-corrected chi connectivity index (χ3v) is 3.06. The average Bonchev–Trinajstić information content (AvgIpc) is 2.76. The fraction of sp³-hybridized carbons (Fsp3) is 0.667. The zero-order valence-corrected chi connectivity index (χ0v) is 10.7. The van der Waals surface area contributed by atoms with Crippen molar-refractivity contribution in [3.05, 3.63) is 18.0 Å². The van der Waals surface area contributed by atoms with Crippen molar-refractivity contribution in [2.24, 2.45) is 7.05 Å². The molecule has 1 aromatic rings. The number of carbonyl (C=O) groups excluding carboxylic acids is 1. The molecule has 0 spiro atoms. The van der Waals surface area contributed by atoms with Crippen molar-refractivity contribution >= 4 is 5.91 Å². The molecule has 1 fully saturated rings. The maximum absolute atomic E-state index is 11.7. The Hall–Kier alpha value is -1.40. The van der Waals surface area contributed by atoms with Crippen LogP contribution in [0.15, 0.2) is 12.3 Å². The van der Waals surface area contributed by atoms with E-state index < -0.39 is 0 Å². The van der Waals surface area contributed by atoms with E-state index in [1.54, 1.807) is 6.20 Å². The van der Waals surface area contributed by atoms with E-state index in [9.17, 15) is 4.79 Å². The molecule has 100 valence electrons. The highest BCUT2D eigenvalue weighted by molar-refractivity contribution is 5.76. The van der Waals surface area contributed by atoms with Crippen molar-refractivity contribution in [1.29, 1.82) is 0 Å². The number of morpholine rings is 1. The summed E-state index contributed by atoms with van der Waals surface area (Å²) in [4.78, 5) is 11.7. The van der Waals surface area contributed by atoms with Crippen LogP contribution >= 0.6 is 0 Å². The Morgan fingerprint density at radius 3 is 3.28 bits per heavy atom. The van der Waals surface area contributed by atoms with E-state index in [0.717, 1.165) is 25.3 Å². The molecule has 0 bridgehead atoms. The van der Waals surface area contributed by atoms with Crippen molar-refractivity contribution in [2.45, 2.75) is 18.9 Å². The standard InChI is InChI=1S/C12H20N4O2/c1-16-11(3-5-15-16)2-4-14-12(17)8-10-9-18-7-6-13-10/h3,5,10,13H,2,4,6-9H2,1H3,(H,14,17). The average molecular weight is 252 g/mol. The lowest BCUT2D eigenvalue weighted by atomic mass is 10.2. The first-order chi connectivity index (χ1) is 8.75. The van der Waals surface area contributed by atoms with Gasteiger partial charge in [-0.25, -0.2) is 0 Å². The predicted molar refractivity (Wildman–Crippen MR) is 67.1 cm³/mol. The molecule has 0 saturated carbocycles. The van der Waals surface area contributed by atoms with Gasteiger partial charge in [-0.15, -0.1) is 0 Å². The van der Waals surface area contributed by atoms with Gasteiger partial charge in [0.1, 0.15) is 0 Å². The summed E-state index contributed by atoms with van der Waals surface area (Å²) in [5, 5.41) is 10.3. The number of ether oxygens (including phenoxy) is 1. The fourth-order valence-electron chi connectivity index (χ4n) is 2.02. The number of aromatic nitrogens is 2. The highest BCUT2D eigenvalue weighted by Gasteiger charge is 2.16. The van der Waals surface area contributed by atoms with Crippen molar-refractivity contribution in [1.82, 2.24) is 20.4 Å². The molecule has 2 rings (SSSR count). The molecule has 2 heterocycles. The van der Waals surface area contributed by atoms with Gasteiger partial charge in [-0.1, -0.05) is 0 Å². The maximum Gasteiger partial charge on any atom is 0.221 e. The molecule has 1 aliphatic heterocycles. The lowest BCUT2D eigenvalue weighted by molar-refractivity contribution is -0.122. The van der Waals surface area contributed by atoms with Gasteiger partial charge in [0.25, 0.3) is 0 Å². The molecular weight excluding hydrogens is 232 g/mol. The Morgan fingerprint density at radius 1 is 1.72 bits per heavy atom. The van der Waals surface area contributed by atoms with Crippen LogP contribution in [0, 0.1) is 0 Å². The normalized spacial score (nSPS) is 19.7. The molecule has 18 heavy (non-hydrogen) atoms. The zero-order valence-electron chi connectivity index (χ0n) is 10.7. The summed E-state index contributed by atoms with van der Waals surface area (Å²) >= 11 is 0. The Morgan fingerprint density at radius 2 is 2.61 bits per heavy atom. The Kier molecular flexibility index (Phi) is 4.72. The third-order valence-electron chi connectivity index (χ3n) is 3.06. The summed E-state index contributed by atoms with van der Waals surface area (Å²) in [7, 11) is 1.90. The van der Waals surface area contributed by atoms with Crippen LogP contribution in [-0.4, -0.2) is 48.0 Å². The van der Waals surface area contributed by atoms with E-state index in [4.69, 9.17) is 4.74 Å². The molecule has 2 N–H and O–H groups in total. The van der Waals surface area contributed by atoms with Crippen LogP contribution in [0.3, 0.4) is 0 Å². The van der Waals surface area contributed by atoms with Crippen LogP contribution in [0.1, 0.15) is 12.1 Å². The first-order valence-corrected chi connectivity index (χ1v) is 6.30. The van der Waals surface area contributed by atoms with Crippen molar-refractivity contribution in [3.8, 4) is 0 Å². The summed E-state index contributed by atoms with van der Waals surface area (Å²) in [6.45, 7) is 2.83. The number of rotatable bonds is 5. The smallest absolute Gasteiger partial charge is 0.221 e. The molecular formula is C12H20N4O2. The van der Waals surface area contributed by atoms with Crippen LogP contribution in [-0.2, 0) is 23.0 Å². The molecule has 0 aliphatic carbocycles. The first-order valence-electron chi connectivity index (χ1n) is 6.30. The van der Waals surface area contributed by atoms with Crippen LogP contribution in [0.4, 0.5) is 0 Å². The number of carbonyl (C=O) groups is 1. The monoisotopic (exact) mass is 252 g/mol. The molecule has 1 aliphatic rings. The molecule has 1 unspecified atom stereocenters. The van der Waals surface area contributed by atoms with Gasteiger partial charge in [0, 0.05) is 50.9 Å². The Bertz CT molecular complexity index is 385. The number of hydrogen-bond acceptors (Lipinski definition) is 4. The quantitative estimate of drug-likeness (QED) is 0.738. The van der Waals surface area contributed by atoms with Gasteiger partial charge in [-0.05, 0) is 6.07 Å². The second kappa shape index (κ2) is 6.51. The molecule has 1 amide bonds. The van der Waals surface area contributed by atoms with E-state index in [-0.39, 0.29) is 11.9 Å². The number of nitrogens with zero attached hydrogens (tertiary/aromatic N) is 2. The Labute approximate surface area is 107 Å². The topological polar surface area (TPSA) is 68.2 Å². The number of hydrogen-bond donors (Lipinski definition) is 2. The minimum absolute atomic E-state index is 0.0696. The van der Waals surface area contributed by atoms with E-state index in [0.29, 0.717) is 19.6 Å². The fourth-order valence-corrected chi connectivity index (χ4v) is 2.02. The molecule has 6 nitrogen and oxygen atoms in total. The molecule has 1 aromatic heterocycles. The SMILES string of the molecule is Cn1nccc1CCNC(=O)CC1COCCN1.